The Bertz CT molecular complexity index is 260. The van der Waals surface area contributed by atoms with Crippen LogP contribution in [0.1, 0.15) is 52.4 Å². The van der Waals surface area contributed by atoms with Gasteiger partial charge in [-0.15, -0.1) is 0 Å². The van der Waals surface area contributed by atoms with Crippen molar-refractivity contribution in [3.05, 3.63) is 0 Å². The molecule has 0 aromatic rings. The van der Waals surface area contributed by atoms with E-state index in [1.165, 1.54) is 0 Å². The largest absolute Gasteiger partial charge is 0.393 e. The molecule has 0 fully saturated rings. The zero-order valence-corrected chi connectivity index (χ0v) is 13.1. The lowest BCUT2D eigenvalue weighted by Gasteiger charge is -2.22. The smallest absolute Gasteiger partial charge is 0.222 e. The SMILES string of the molecule is CCCCOCCCN(CCC(N)=S)C(=O)CCC. The average Bonchev–Trinajstić information content (AvgIpc) is 2.37. The zero-order valence-electron chi connectivity index (χ0n) is 12.3. The highest BCUT2D eigenvalue weighted by molar-refractivity contribution is 7.80. The highest BCUT2D eigenvalue weighted by Crippen LogP contribution is 2.02. The van der Waals surface area contributed by atoms with Gasteiger partial charge in [0.1, 0.15) is 0 Å². The Labute approximate surface area is 122 Å². The molecule has 0 aliphatic heterocycles. The molecule has 112 valence electrons. The molecule has 0 saturated heterocycles. The van der Waals surface area contributed by atoms with Crippen LogP contribution in [-0.4, -0.2) is 42.1 Å². The molecule has 19 heavy (non-hydrogen) atoms. The second-order valence-corrected chi connectivity index (χ2v) is 5.19. The number of carbonyl (C=O) groups excluding carboxylic acids is 1. The minimum atomic E-state index is 0.187. The first-order valence-electron chi connectivity index (χ1n) is 7.25. The Morgan fingerprint density at radius 1 is 1.11 bits per heavy atom. The molecule has 0 aromatic carbocycles. The van der Waals surface area contributed by atoms with Gasteiger partial charge in [-0.3, -0.25) is 4.79 Å². The quantitative estimate of drug-likeness (QED) is 0.443. The van der Waals surface area contributed by atoms with Gasteiger partial charge in [0.15, 0.2) is 0 Å². The van der Waals surface area contributed by atoms with E-state index in [2.05, 4.69) is 6.92 Å². The van der Waals surface area contributed by atoms with E-state index in [4.69, 9.17) is 22.7 Å². The van der Waals surface area contributed by atoms with Gasteiger partial charge in [-0.05, 0) is 19.3 Å². The van der Waals surface area contributed by atoms with Gasteiger partial charge in [-0.25, -0.2) is 0 Å². The van der Waals surface area contributed by atoms with Crippen molar-refractivity contribution < 1.29 is 9.53 Å². The molecule has 0 aliphatic rings. The third-order valence-corrected chi connectivity index (χ3v) is 3.01. The number of nitrogens with zero attached hydrogens (tertiary/aromatic N) is 1. The van der Waals surface area contributed by atoms with E-state index < -0.39 is 0 Å². The first-order chi connectivity index (χ1) is 9.11. The Kier molecular flexibility index (Phi) is 11.9. The van der Waals surface area contributed by atoms with Gasteiger partial charge >= 0.3 is 0 Å². The van der Waals surface area contributed by atoms with Crippen LogP contribution in [0.15, 0.2) is 0 Å². The van der Waals surface area contributed by atoms with E-state index in [9.17, 15) is 4.79 Å². The molecule has 0 unspecified atom stereocenters. The molecule has 5 heteroatoms. The summed E-state index contributed by atoms with van der Waals surface area (Å²) in [4.78, 5) is 14.2. The molecule has 0 spiro atoms. The molecular weight excluding hydrogens is 260 g/mol. The van der Waals surface area contributed by atoms with Crippen molar-refractivity contribution in [1.82, 2.24) is 4.90 Å². The number of thiocarbonyl (C=S) groups is 1. The van der Waals surface area contributed by atoms with Crippen LogP contribution in [0.25, 0.3) is 0 Å². The molecule has 0 radical (unpaired) electrons. The second kappa shape index (κ2) is 12.4. The molecule has 2 N–H and O–H groups in total. The van der Waals surface area contributed by atoms with Crippen LogP contribution in [0.5, 0.6) is 0 Å². The molecule has 0 heterocycles. The van der Waals surface area contributed by atoms with Gasteiger partial charge in [0.2, 0.25) is 5.91 Å². The summed E-state index contributed by atoms with van der Waals surface area (Å²) < 4.78 is 5.50. The highest BCUT2D eigenvalue weighted by atomic mass is 32.1. The maximum Gasteiger partial charge on any atom is 0.222 e. The number of nitrogens with two attached hydrogens (primary N) is 1. The van der Waals surface area contributed by atoms with Gasteiger partial charge < -0.3 is 15.4 Å². The number of amides is 1. The van der Waals surface area contributed by atoms with Gasteiger partial charge in [0, 0.05) is 39.1 Å². The molecule has 0 rings (SSSR count). The molecule has 0 aromatic heterocycles. The van der Waals surface area contributed by atoms with E-state index in [1.54, 1.807) is 0 Å². The lowest BCUT2D eigenvalue weighted by atomic mass is 10.2. The maximum atomic E-state index is 11.9. The lowest BCUT2D eigenvalue weighted by molar-refractivity contribution is -0.131. The van der Waals surface area contributed by atoms with Crippen molar-refractivity contribution in [1.29, 1.82) is 0 Å². The summed E-state index contributed by atoms with van der Waals surface area (Å²) in [6.45, 7) is 7.04. The van der Waals surface area contributed by atoms with E-state index >= 15 is 0 Å². The van der Waals surface area contributed by atoms with Crippen LogP contribution in [0.2, 0.25) is 0 Å². The average molecular weight is 288 g/mol. The summed E-state index contributed by atoms with van der Waals surface area (Å²) in [5.74, 6) is 0.187. The van der Waals surface area contributed by atoms with E-state index in [-0.39, 0.29) is 5.91 Å². The van der Waals surface area contributed by atoms with Crippen LogP contribution in [0.4, 0.5) is 0 Å². The first kappa shape index (κ1) is 18.3. The third kappa shape index (κ3) is 10.9. The van der Waals surface area contributed by atoms with Crippen molar-refractivity contribution in [3.8, 4) is 0 Å². The normalized spacial score (nSPS) is 10.4. The third-order valence-electron chi connectivity index (χ3n) is 2.80. The summed E-state index contributed by atoms with van der Waals surface area (Å²) in [6.07, 6.45) is 5.18. The summed E-state index contributed by atoms with van der Waals surface area (Å²) in [7, 11) is 0. The maximum absolute atomic E-state index is 11.9. The van der Waals surface area contributed by atoms with Crippen LogP contribution < -0.4 is 5.73 Å². The minimum Gasteiger partial charge on any atom is -0.393 e. The van der Waals surface area contributed by atoms with Crippen LogP contribution in [0, 0.1) is 0 Å². The van der Waals surface area contributed by atoms with E-state index in [1.807, 2.05) is 11.8 Å². The predicted octanol–water partition coefficient (Wildman–Crippen LogP) is 2.50. The number of ether oxygens (including phenoxy) is 1. The minimum absolute atomic E-state index is 0.187. The van der Waals surface area contributed by atoms with Crippen LogP contribution in [0.3, 0.4) is 0 Å². The fraction of sp³-hybridized carbons (Fsp3) is 0.857. The molecular formula is C14H28N2O2S. The highest BCUT2D eigenvalue weighted by Gasteiger charge is 2.12. The summed E-state index contributed by atoms with van der Waals surface area (Å²) >= 11 is 4.86. The Hall–Kier alpha value is -0.680. The summed E-state index contributed by atoms with van der Waals surface area (Å²) in [5.41, 5.74) is 5.49. The van der Waals surface area contributed by atoms with Gasteiger partial charge in [0.05, 0.1) is 4.99 Å². The van der Waals surface area contributed by atoms with Crippen LogP contribution in [-0.2, 0) is 9.53 Å². The summed E-state index contributed by atoms with van der Waals surface area (Å²) in [6, 6.07) is 0. The van der Waals surface area contributed by atoms with Crippen molar-refractivity contribution in [2.75, 3.05) is 26.3 Å². The van der Waals surface area contributed by atoms with Crippen molar-refractivity contribution in [2.45, 2.75) is 52.4 Å². The summed E-state index contributed by atoms with van der Waals surface area (Å²) in [5, 5.41) is 0. The number of hydrogen-bond donors (Lipinski definition) is 1. The first-order valence-corrected chi connectivity index (χ1v) is 7.66. The molecule has 1 amide bonds. The fourth-order valence-corrected chi connectivity index (χ4v) is 1.78. The van der Waals surface area contributed by atoms with Crippen LogP contribution >= 0.6 is 12.2 Å². The topological polar surface area (TPSA) is 55.6 Å². The van der Waals surface area contributed by atoms with E-state index in [0.717, 1.165) is 38.8 Å². The number of carbonyl (C=O) groups is 1. The second-order valence-electron chi connectivity index (χ2n) is 4.67. The van der Waals surface area contributed by atoms with Gasteiger partial charge in [-0.1, -0.05) is 32.5 Å². The number of unbranched alkanes of at least 4 members (excludes halogenated alkanes) is 1. The standard InChI is InChI=1S/C14H28N2O2S/c1-3-5-11-18-12-6-9-16(10-8-13(15)19)14(17)7-4-2/h3-12H2,1-2H3,(H2,15,19). The molecule has 0 aliphatic carbocycles. The van der Waals surface area contributed by atoms with Crippen molar-refractivity contribution in [3.63, 3.8) is 0 Å². The van der Waals surface area contributed by atoms with Crippen molar-refractivity contribution in [2.24, 2.45) is 5.73 Å². The van der Waals surface area contributed by atoms with Gasteiger partial charge in [-0.2, -0.15) is 0 Å². The van der Waals surface area contributed by atoms with Crippen molar-refractivity contribution >= 4 is 23.1 Å². The number of hydrogen-bond acceptors (Lipinski definition) is 3. The Morgan fingerprint density at radius 3 is 2.37 bits per heavy atom. The van der Waals surface area contributed by atoms with E-state index in [0.29, 0.717) is 31.0 Å². The molecule has 0 saturated carbocycles. The molecule has 0 atom stereocenters. The monoisotopic (exact) mass is 288 g/mol. The Balaban J connectivity index is 3.90. The molecule has 4 nitrogen and oxygen atoms in total. The van der Waals surface area contributed by atoms with Gasteiger partial charge in [0.25, 0.3) is 0 Å². The fourth-order valence-electron chi connectivity index (χ4n) is 1.68. The zero-order chi connectivity index (χ0) is 14.5. The lowest BCUT2D eigenvalue weighted by Crippen LogP contribution is -2.34. The number of rotatable bonds is 12. The Morgan fingerprint density at radius 2 is 1.79 bits per heavy atom. The molecule has 0 bridgehead atoms. The predicted molar refractivity (Wildman–Crippen MR) is 83.2 cm³/mol.